The first kappa shape index (κ1) is 19.7. The van der Waals surface area contributed by atoms with Crippen LogP contribution in [-0.4, -0.2) is 31.1 Å². The van der Waals surface area contributed by atoms with E-state index in [0.29, 0.717) is 11.3 Å². The molecule has 2 heterocycles. The highest BCUT2D eigenvalue weighted by atomic mass is 19.1. The molecule has 0 radical (unpaired) electrons. The number of aromatic nitrogens is 4. The van der Waals surface area contributed by atoms with Crippen LogP contribution in [0.1, 0.15) is 18.9 Å². The lowest BCUT2D eigenvalue weighted by Crippen LogP contribution is -2.23. The standard InChI is InChI=1S/C21H17FN6O4/c1-32-18-10-13(22)17(28(30)31)11-14(18)24-20-23-9-8-19(25-20)27-16-5-3-2-4-15(16)26(21(27)29)12-6-7-12/h2-5,8-12H,6-7H2,1H3,(H,23,24,25). The zero-order valence-corrected chi connectivity index (χ0v) is 16.9. The van der Waals surface area contributed by atoms with Crippen LogP contribution in [0.3, 0.4) is 0 Å². The number of rotatable bonds is 6. The Morgan fingerprint density at radius 3 is 2.66 bits per heavy atom. The Morgan fingerprint density at radius 1 is 1.22 bits per heavy atom. The third-order valence-corrected chi connectivity index (χ3v) is 5.27. The first-order valence-corrected chi connectivity index (χ1v) is 9.82. The van der Waals surface area contributed by atoms with E-state index in [0.717, 1.165) is 30.5 Å². The summed E-state index contributed by atoms with van der Waals surface area (Å²) in [4.78, 5) is 32.0. The van der Waals surface area contributed by atoms with Gasteiger partial charge in [0.05, 0.1) is 28.8 Å². The highest BCUT2D eigenvalue weighted by Gasteiger charge is 2.29. The minimum Gasteiger partial charge on any atom is -0.494 e. The average molecular weight is 436 g/mol. The maximum Gasteiger partial charge on any atom is 0.335 e. The first-order valence-electron chi connectivity index (χ1n) is 9.82. The van der Waals surface area contributed by atoms with Gasteiger partial charge in [0.25, 0.3) is 0 Å². The Bertz CT molecular complexity index is 1430. The highest BCUT2D eigenvalue weighted by molar-refractivity contribution is 5.78. The van der Waals surface area contributed by atoms with Crippen LogP contribution in [0.25, 0.3) is 16.9 Å². The van der Waals surface area contributed by atoms with Gasteiger partial charge in [0.1, 0.15) is 11.6 Å². The Labute approximate surface area is 180 Å². The van der Waals surface area contributed by atoms with Crippen LogP contribution in [0.15, 0.2) is 53.5 Å². The van der Waals surface area contributed by atoms with Gasteiger partial charge in [0.2, 0.25) is 11.8 Å². The number of imidazole rings is 1. The molecule has 11 heteroatoms. The Balaban J connectivity index is 1.59. The van der Waals surface area contributed by atoms with E-state index in [9.17, 15) is 19.3 Å². The summed E-state index contributed by atoms with van der Waals surface area (Å²) in [5.74, 6) is -0.577. The molecule has 2 aromatic heterocycles. The molecule has 0 spiro atoms. The summed E-state index contributed by atoms with van der Waals surface area (Å²) in [6.45, 7) is 0. The molecule has 5 rings (SSSR count). The van der Waals surface area contributed by atoms with E-state index in [1.807, 2.05) is 24.3 Å². The van der Waals surface area contributed by atoms with Gasteiger partial charge in [0.15, 0.2) is 0 Å². The molecule has 0 unspecified atom stereocenters. The number of nitro groups is 1. The second kappa shape index (κ2) is 7.45. The van der Waals surface area contributed by atoms with Crippen LogP contribution in [-0.2, 0) is 0 Å². The number of hydrogen-bond donors (Lipinski definition) is 1. The van der Waals surface area contributed by atoms with Gasteiger partial charge in [-0.25, -0.2) is 14.3 Å². The lowest BCUT2D eigenvalue weighted by Gasteiger charge is -2.11. The molecule has 1 N–H and O–H groups in total. The summed E-state index contributed by atoms with van der Waals surface area (Å²) in [5, 5.41) is 13.9. The lowest BCUT2D eigenvalue weighted by atomic mass is 10.2. The van der Waals surface area contributed by atoms with Gasteiger partial charge in [-0.3, -0.25) is 14.7 Å². The molecule has 1 saturated carbocycles. The molecule has 10 nitrogen and oxygen atoms in total. The molecule has 32 heavy (non-hydrogen) atoms. The molecule has 0 saturated heterocycles. The molecule has 4 aromatic rings. The van der Waals surface area contributed by atoms with Gasteiger partial charge in [-0.1, -0.05) is 12.1 Å². The van der Waals surface area contributed by atoms with Crippen LogP contribution in [0.4, 0.5) is 21.7 Å². The van der Waals surface area contributed by atoms with Crippen molar-refractivity contribution in [2.75, 3.05) is 12.4 Å². The van der Waals surface area contributed by atoms with E-state index < -0.39 is 16.4 Å². The molecule has 1 aliphatic rings. The molecule has 0 amide bonds. The summed E-state index contributed by atoms with van der Waals surface area (Å²) in [5.41, 5.74) is 0.736. The van der Waals surface area contributed by atoms with Crippen LogP contribution in [0.2, 0.25) is 0 Å². The van der Waals surface area contributed by atoms with Gasteiger partial charge < -0.3 is 10.1 Å². The molecule has 1 aliphatic carbocycles. The maximum absolute atomic E-state index is 13.9. The summed E-state index contributed by atoms with van der Waals surface area (Å²) >= 11 is 0. The van der Waals surface area contributed by atoms with Crippen molar-refractivity contribution >= 4 is 28.4 Å². The largest absolute Gasteiger partial charge is 0.494 e. The third kappa shape index (κ3) is 3.23. The van der Waals surface area contributed by atoms with Crippen molar-refractivity contribution in [3.63, 3.8) is 0 Å². The van der Waals surface area contributed by atoms with Gasteiger partial charge in [-0.2, -0.15) is 9.37 Å². The number of nitrogens with zero attached hydrogens (tertiary/aromatic N) is 5. The SMILES string of the molecule is COc1cc(F)c([N+](=O)[O-])cc1Nc1nccc(-n2c(=O)n(C3CC3)c3ccccc32)n1. The van der Waals surface area contributed by atoms with Crippen LogP contribution in [0.5, 0.6) is 5.75 Å². The van der Waals surface area contributed by atoms with Crippen molar-refractivity contribution in [1.29, 1.82) is 0 Å². The maximum atomic E-state index is 13.9. The average Bonchev–Trinajstić information content (AvgIpc) is 3.57. The molecule has 0 bridgehead atoms. The van der Waals surface area contributed by atoms with Gasteiger partial charge in [-0.05, 0) is 25.0 Å². The quantitative estimate of drug-likeness (QED) is 0.362. The van der Waals surface area contributed by atoms with E-state index in [4.69, 9.17) is 4.74 Å². The van der Waals surface area contributed by atoms with E-state index in [1.54, 1.807) is 10.6 Å². The van der Waals surface area contributed by atoms with Gasteiger partial charge >= 0.3 is 11.4 Å². The zero-order valence-electron chi connectivity index (χ0n) is 16.9. The normalized spacial score (nSPS) is 13.3. The van der Waals surface area contributed by atoms with Gasteiger partial charge in [-0.15, -0.1) is 0 Å². The minimum atomic E-state index is -1.02. The number of nitro benzene ring substituents is 1. The molecular formula is C21H17FN6O4. The van der Waals surface area contributed by atoms with Crippen LogP contribution < -0.4 is 15.7 Å². The second-order valence-corrected chi connectivity index (χ2v) is 7.33. The van der Waals surface area contributed by atoms with E-state index >= 15 is 0 Å². The fourth-order valence-electron chi connectivity index (χ4n) is 3.68. The van der Waals surface area contributed by atoms with Crippen LogP contribution >= 0.6 is 0 Å². The van der Waals surface area contributed by atoms with E-state index in [1.165, 1.54) is 17.9 Å². The number of methoxy groups -OCH3 is 1. The number of benzene rings is 2. The number of fused-ring (bicyclic) bond motifs is 1. The summed E-state index contributed by atoms with van der Waals surface area (Å²) < 4.78 is 22.3. The fourth-order valence-corrected chi connectivity index (χ4v) is 3.68. The Morgan fingerprint density at radius 2 is 1.97 bits per heavy atom. The molecule has 0 atom stereocenters. The minimum absolute atomic E-state index is 0.0459. The number of hydrogen-bond acceptors (Lipinski definition) is 7. The van der Waals surface area contributed by atoms with E-state index in [2.05, 4.69) is 15.3 Å². The first-order chi connectivity index (χ1) is 15.5. The number of para-hydroxylation sites is 2. The fraction of sp³-hybridized carbons (Fsp3) is 0.190. The smallest absolute Gasteiger partial charge is 0.335 e. The highest BCUT2D eigenvalue weighted by Crippen LogP contribution is 2.37. The topological polar surface area (TPSA) is 117 Å². The van der Waals surface area contributed by atoms with E-state index in [-0.39, 0.29) is 29.1 Å². The number of halogens is 1. The van der Waals surface area contributed by atoms with Crippen molar-refractivity contribution in [2.45, 2.75) is 18.9 Å². The number of ether oxygens (including phenoxy) is 1. The third-order valence-electron chi connectivity index (χ3n) is 5.27. The van der Waals surface area contributed by atoms with Crippen molar-refractivity contribution in [3.05, 3.63) is 75.1 Å². The van der Waals surface area contributed by atoms with Gasteiger partial charge in [0, 0.05) is 30.4 Å². The molecule has 162 valence electrons. The predicted octanol–water partition coefficient (Wildman–Crippen LogP) is 3.72. The van der Waals surface area contributed by atoms with Crippen molar-refractivity contribution < 1.29 is 14.1 Å². The predicted molar refractivity (Wildman–Crippen MR) is 114 cm³/mol. The zero-order chi connectivity index (χ0) is 22.4. The summed E-state index contributed by atoms with van der Waals surface area (Å²) in [6, 6.07) is 11.2. The Kier molecular flexibility index (Phi) is 4.58. The van der Waals surface area contributed by atoms with Crippen LogP contribution in [0, 0.1) is 15.9 Å². The summed E-state index contributed by atoms with van der Waals surface area (Å²) in [6.07, 6.45) is 3.37. The Hall–Kier alpha value is -4.28. The number of nitrogens with one attached hydrogen (secondary N) is 1. The molecule has 0 aliphatic heterocycles. The summed E-state index contributed by atoms with van der Waals surface area (Å²) in [7, 11) is 1.31. The number of anilines is 2. The molecule has 2 aromatic carbocycles. The molecule has 1 fully saturated rings. The van der Waals surface area contributed by atoms with Crippen molar-refractivity contribution in [1.82, 2.24) is 19.1 Å². The monoisotopic (exact) mass is 436 g/mol. The van der Waals surface area contributed by atoms with Crippen molar-refractivity contribution in [2.24, 2.45) is 0 Å². The lowest BCUT2D eigenvalue weighted by molar-refractivity contribution is -0.387. The van der Waals surface area contributed by atoms with Crippen molar-refractivity contribution in [3.8, 4) is 11.6 Å². The second-order valence-electron chi connectivity index (χ2n) is 7.33. The molecular weight excluding hydrogens is 419 g/mol.